The Labute approximate surface area is 153 Å². The summed E-state index contributed by atoms with van der Waals surface area (Å²) in [5, 5.41) is 0. The van der Waals surface area contributed by atoms with Crippen LogP contribution in [0.1, 0.15) is 16.8 Å². The zero-order valence-corrected chi connectivity index (χ0v) is 14.4. The minimum Gasteiger partial charge on any atom is -0.458 e. The molecule has 4 heteroatoms. The quantitative estimate of drug-likeness (QED) is 0.476. The van der Waals surface area contributed by atoms with Gasteiger partial charge in [-0.05, 0) is 29.4 Å². The Morgan fingerprint density at radius 1 is 1.00 bits per heavy atom. The third-order valence-corrected chi connectivity index (χ3v) is 3.68. The summed E-state index contributed by atoms with van der Waals surface area (Å²) in [5.74, 6) is -0.367. The van der Waals surface area contributed by atoms with Crippen LogP contribution in [0.5, 0.6) is 0 Å². The standard InChI is InChI=1S/C22H20N2O2/c25-22(14-13-19-8-3-1-4-9-19)26-15-7-12-21-17-24(18-23-21)16-20-10-5-2-6-11-20/h1-14,17-18H,15-16H2/b12-7+,14-13+. The second-order valence-corrected chi connectivity index (χ2v) is 5.73. The zero-order valence-electron chi connectivity index (χ0n) is 14.4. The van der Waals surface area contributed by atoms with Crippen LogP contribution in [0.25, 0.3) is 12.2 Å². The Hall–Kier alpha value is -3.40. The third-order valence-electron chi connectivity index (χ3n) is 3.68. The predicted molar refractivity (Wildman–Crippen MR) is 103 cm³/mol. The lowest BCUT2D eigenvalue weighted by Gasteiger charge is -2.00. The Kier molecular flexibility index (Phi) is 6.15. The molecule has 4 nitrogen and oxygen atoms in total. The van der Waals surface area contributed by atoms with Crippen molar-refractivity contribution in [2.45, 2.75) is 6.54 Å². The second kappa shape index (κ2) is 9.18. The van der Waals surface area contributed by atoms with Crippen LogP contribution in [0.4, 0.5) is 0 Å². The molecule has 0 amide bonds. The summed E-state index contributed by atoms with van der Waals surface area (Å²) in [7, 11) is 0. The van der Waals surface area contributed by atoms with Crippen molar-refractivity contribution in [3.05, 3.63) is 102 Å². The molecule has 2 aromatic carbocycles. The van der Waals surface area contributed by atoms with Crippen LogP contribution in [0.2, 0.25) is 0 Å². The van der Waals surface area contributed by atoms with Gasteiger partial charge < -0.3 is 9.30 Å². The number of imidazole rings is 1. The van der Waals surface area contributed by atoms with Gasteiger partial charge in [-0.3, -0.25) is 0 Å². The fraction of sp³-hybridized carbons (Fsp3) is 0.0909. The number of nitrogens with zero attached hydrogens (tertiary/aromatic N) is 2. The Balaban J connectivity index is 1.44. The molecule has 3 aromatic rings. The molecular formula is C22H20N2O2. The van der Waals surface area contributed by atoms with Crippen LogP contribution < -0.4 is 0 Å². The van der Waals surface area contributed by atoms with Crippen molar-refractivity contribution >= 4 is 18.1 Å². The van der Waals surface area contributed by atoms with Crippen molar-refractivity contribution in [2.24, 2.45) is 0 Å². The van der Waals surface area contributed by atoms with Crippen LogP contribution in [-0.4, -0.2) is 22.1 Å². The van der Waals surface area contributed by atoms with Gasteiger partial charge in [0.2, 0.25) is 0 Å². The van der Waals surface area contributed by atoms with E-state index in [1.54, 1.807) is 18.5 Å². The van der Waals surface area contributed by atoms with Crippen LogP contribution in [0.15, 0.2) is 85.3 Å². The molecule has 26 heavy (non-hydrogen) atoms. The molecule has 0 aliphatic carbocycles. The van der Waals surface area contributed by atoms with E-state index in [1.807, 2.05) is 65.4 Å². The molecule has 0 unspecified atom stereocenters. The number of hydrogen-bond acceptors (Lipinski definition) is 3. The zero-order chi connectivity index (χ0) is 18.0. The first-order valence-corrected chi connectivity index (χ1v) is 8.42. The number of hydrogen-bond donors (Lipinski definition) is 0. The van der Waals surface area contributed by atoms with Gasteiger partial charge in [-0.15, -0.1) is 0 Å². The average molecular weight is 344 g/mol. The summed E-state index contributed by atoms with van der Waals surface area (Å²) in [4.78, 5) is 16.0. The number of esters is 1. The SMILES string of the molecule is O=C(/C=C/c1ccccc1)OC/C=C/c1cn(Cc2ccccc2)cn1. The van der Waals surface area contributed by atoms with E-state index in [1.165, 1.54) is 11.6 Å². The van der Waals surface area contributed by atoms with E-state index < -0.39 is 0 Å². The number of ether oxygens (including phenoxy) is 1. The van der Waals surface area contributed by atoms with E-state index in [4.69, 9.17) is 4.74 Å². The number of benzene rings is 2. The highest BCUT2D eigenvalue weighted by molar-refractivity contribution is 5.87. The normalized spacial score (nSPS) is 11.2. The van der Waals surface area contributed by atoms with E-state index in [9.17, 15) is 4.79 Å². The van der Waals surface area contributed by atoms with Gasteiger partial charge in [0, 0.05) is 18.8 Å². The number of carbonyl (C=O) groups is 1. The Bertz CT molecular complexity index is 881. The number of carbonyl (C=O) groups excluding carboxylic acids is 1. The fourth-order valence-electron chi connectivity index (χ4n) is 2.42. The first-order chi connectivity index (χ1) is 12.8. The highest BCUT2D eigenvalue weighted by atomic mass is 16.5. The molecule has 0 atom stereocenters. The number of aromatic nitrogens is 2. The summed E-state index contributed by atoms with van der Waals surface area (Å²) in [6, 6.07) is 19.8. The third kappa shape index (κ3) is 5.60. The summed E-state index contributed by atoms with van der Waals surface area (Å²) < 4.78 is 7.16. The van der Waals surface area contributed by atoms with E-state index in [2.05, 4.69) is 17.1 Å². The van der Waals surface area contributed by atoms with Gasteiger partial charge in [-0.2, -0.15) is 0 Å². The molecule has 0 fully saturated rings. The first kappa shape index (κ1) is 17.4. The summed E-state index contributed by atoms with van der Waals surface area (Å²) in [5.41, 5.74) is 3.01. The number of rotatable bonds is 7. The highest BCUT2D eigenvalue weighted by Gasteiger charge is 1.98. The fourth-order valence-corrected chi connectivity index (χ4v) is 2.42. The van der Waals surface area contributed by atoms with Crippen molar-refractivity contribution in [3.63, 3.8) is 0 Å². The minimum absolute atomic E-state index is 0.212. The van der Waals surface area contributed by atoms with Crippen molar-refractivity contribution in [2.75, 3.05) is 6.61 Å². The van der Waals surface area contributed by atoms with Gasteiger partial charge in [0.05, 0.1) is 12.0 Å². The second-order valence-electron chi connectivity index (χ2n) is 5.73. The maximum absolute atomic E-state index is 11.7. The monoisotopic (exact) mass is 344 g/mol. The van der Waals surface area contributed by atoms with Crippen molar-refractivity contribution in [3.8, 4) is 0 Å². The highest BCUT2D eigenvalue weighted by Crippen LogP contribution is 2.05. The Morgan fingerprint density at radius 3 is 2.50 bits per heavy atom. The van der Waals surface area contributed by atoms with Gasteiger partial charge in [0.25, 0.3) is 0 Å². The molecule has 0 saturated heterocycles. The maximum atomic E-state index is 11.7. The maximum Gasteiger partial charge on any atom is 0.331 e. The van der Waals surface area contributed by atoms with Gasteiger partial charge >= 0.3 is 5.97 Å². The lowest BCUT2D eigenvalue weighted by Crippen LogP contribution is -1.99. The van der Waals surface area contributed by atoms with Crippen molar-refractivity contribution in [1.29, 1.82) is 0 Å². The van der Waals surface area contributed by atoms with Gasteiger partial charge in [0.1, 0.15) is 6.61 Å². The first-order valence-electron chi connectivity index (χ1n) is 8.42. The molecular weight excluding hydrogens is 324 g/mol. The van der Waals surface area contributed by atoms with Crippen LogP contribution >= 0.6 is 0 Å². The van der Waals surface area contributed by atoms with Gasteiger partial charge in [0.15, 0.2) is 0 Å². The molecule has 0 bridgehead atoms. The van der Waals surface area contributed by atoms with Crippen molar-refractivity contribution < 1.29 is 9.53 Å². The molecule has 0 aliphatic rings. The van der Waals surface area contributed by atoms with E-state index in [-0.39, 0.29) is 12.6 Å². The predicted octanol–water partition coefficient (Wildman–Crippen LogP) is 4.20. The van der Waals surface area contributed by atoms with Crippen LogP contribution in [-0.2, 0) is 16.1 Å². The van der Waals surface area contributed by atoms with Crippen LogP contribution in [0.3, 0.4) is 0 Å². The summed E-state index contributed by atoms with van der Waals surface area (Å²) in [6.07, 6.45) is 10.5. The molecule has 1 heterocycles. The summed E-state index contributed by atoms with van der Waals surface area (Å²) in [6.45, 7) is 0.991. The molecule has 130 valence electrons. The van der Waals surface area contributed by atoms with E-state index in [0.717, 1.165) is 17.8 Å². The molecule has 0 N–H and O–H groups in total. The van der Waals surface area contributed by atoms with E-state index in [0.29, 0.717) is 0 Å². The van der Waals surface area contributed by atoms with Crippen molar-refractivity contribution in [1.82, 2.24) is 9.55 Å². The molecule has 0 aliphatic heterocycles. The molecule has 0 radical (unpaired) electrons. The molecule has 0 spiro atoms. The topological polar surface area (TPSA) is 44.1 Å². The Morgan fingerprint density at radius 2 is 1.73 bits per heavy atom. The van der Waals surface area contributed by atoms with Gasteiger partial charge in [-0.25, -0.2) is 9.78 Å². The largest absolute Gasteiger partial charge is 0.458 e. The molecule has 0 saturated carbocycles. The average Bonchev–Trinajstić information content (AvgIpc) is 3.12. The lowest BCUT2D eigenvalue weighted by atomic mass is 10.2. The lowest BCUT2D eigenvalue weighted by molar-refractivity contribution is -0.136. The van der Waals surface area contributed by atoms with Crippen LogP contribution in [0, 0.1) is 0 Å². The minimum atomic E-state index is -0.367. The summed E-state index contributed by atoms with van der Waals surface area (Å²) >= 11 is 0. The van der Waals surface area contributed by atoms with Gasteiger partial charge in [-0.1, -0.05) is 60.7 Å². The smallest absolute Gasteiger partial charge is 0.331 e. The van der Waals surface area contributed by atoms with E-state index >= 15 is 0 Å². The molecule has 1 aromatic heterocycles. The molecule has 3 rings (SSSR count).